The summed E-state index contributed by atoms with van der Waals surface area (Å²) < 4.78 is 0. The monoisotopic (exact) mass is 206 g/mol. The molecule has 0 spiro atoms. The summed E-state index contributed by atoms with van der Waals surface area (Å²) in [6.07, 6.45) is 0.411. The van der Waals surface area contributed by atoms with Crippen LogP contribution in [-0.4, -0.2) is 23.0 Å². The Balaban J connectivity index is 3.51. The van der Waals surface area contributed by atoms with Crippen molar-refractivity contribution in [3.63, 3.8) is 0 Å². The van der Waals surface area contributed by atoms with Crippen LogP contribution in [-0.2, 0) is 0 Å². The van der Waals surface area contributed by atoms with Gasteiger partial charge >= 0.3 is 0 Å². The number of aromatic hydroxyl groups is 1. The van der Waals surface area contributed by atoms with E-state index in [0.717, 1.165) is 0 Å². The van der Waals surface area contributed by atoms with E-state index in [2.05, 4.69) is 0 Å². The summed E-state index contributed by atoms with van der Waals surface area (Å²) in [5.41, 5.74) is 0.179. The van der Waals surface area contributed by atoms with Crippen LogP contribution in [0.2, 0.25) is 0 Å². The number of aldehydes is 1. The normalized spacial score (nSPS) is 9.73. The van der Waals surface area contributed by atoms with E-state index in [1.54, 1.807) is 0 Å². The molecule has 0 aliphatic carbocycles. The molecule has 1 aromatic carbocycles. The van der Waals surface area contributed by atoms with Crippen molar-refractivity contribution < 1.29 is 19.5 Å². The number of carbonyl (C=O) groups is 3. The fourth-order valence-electron chi connectivity index (χ4n) is 1.22. The molecule has 0 saturated heterocycles. The molecule has 0 amide bonds. The van der Waals surface area contributed by atoms with Crippen LogP contribution >= 0.6 is 0 Å². The Morgan fingerprint density at radius 2 is 1.80 bits per heavy atom. The lowest BCUT2D eigenvalue weighted by Gasteiger charge is -2.05. The van der Waals surface area contributed by atoms with Gasteiger partial charge < -0.3 is 5.11 Å². The zero-order valence-electron chi connectivity index (χ0n) is 8.40. The second-order valence-corrected chi connectivity index (χ2v) is 3.19. The lowest BCUT2D eigenvalue weighted by Crippen LogP contribution is -2.01. The molecule has 0 atom stereocenters. The smallest absolute Gasteiger partial charge is 0.163 e. The highest BCUT2D eigenvalue weighted by Gasteiger charge is 2.14. The Morgan fingerprint density at radius 3 is 2.20 bits per heavy atom. The van der Waals surface area contributed by atoms with Crippen LogP contribution in [0.25, 0.3) is 0 Å². The van der Waals surface area contributed by atoms with Gasteiger partial charge in [-0.05, 0) is 26.0 Å². The molecule has 0 bridgehead atoms. The number of rotatable bonds is 3. The van der Waals surface area contributed by atoms with Crippen molar-refractivity contribution in [2.75, 3.05) is 0 Å². The average molecular weight is 206 g/mol. The maximum atomic E-state index is 11.1. The predicted octanol–water partition coefficient (Wildman–Crippen LogP) is 1.61. The zero-order chi connectivity index (χ0) is 11.6. The Morgan fingerprint density at radius 1 is 1.20 bits per heavy atom. The third kappa shape index (κ3) is 2.10. The molecule has 0 radical (unpaired) electrons. The van der Waals surface area contributed by atoms with Crippen molar-refractivity contribution in [1.82, 2.24) is 0 Å². The molecule has 1 N–H and O–H groups in total. The highest BCUT2D eigenvalue weighted by molar-refractivity contribution is 6.04. The average Bonchev–Trinajstić information content (AvgIpc) is 2.17. The summed E-state index contributed by atoms with van der Waals surface area (Å²) in [5, 5.41) is 9.50. The van der Waals surface area contributed by atoms with Crippen molar-refractivity contribution in [2.24, 2.45) is 0 Å². The van der Waals surface area contributed by atoms with Gasteiger partial charge in [-0.1, -0.05) is 0 Å². The van der Waals surface area contributed by atoms with E-state index < -0.39 is 5.78 Å². The number of phenols is 1. The first-order valence-corrected chi connectivity index (χ1v) is 4.31. The molecular formula is C11H10O4. The van der Waals surface area contributed by atoms with E-state index in [-0.39, 0.29) is 28.2 Å². The molecule has 0 unspecified atom stereocenters. The summed E-state index contributed by atoms with van der Waals surface area (Å²) in [6.45, 7) is 2.58. The van der Waals surface area contributed by atoms with Gasteiger partial charge in [-0.3, -0.25) is 14.4 Å². The second-order valence-electron chi connectivity index (χ2n) is 3.19. The quantitative estimate of drug-likeness (QED) is 0.602. The summed E-state index contributed by atoms with van der Waals surface area (Å²) in [4.78, 5) is 32.8. The van der Waals surface area contributed by atoms with E-state index in [0.29, 0.717) is 6.29 Å². The Hall–Kier alpha value is -1.97. The standard InChI is InChI=1S/C11H10O4/c1-6(13)8-3-9(5-12)11(15)10(4-8)7(2)14/h3-5,15H,1-2H3. The van der Waals surface area contributed by atoms with Gasteiger partial charge in [0.05, 0.1) is 11.1 Å². The van der Waals surface area contributed by atoms with Gasteiger partial charge in [0.15, 0.2) is 17.9 Å². The second kappa shape index (κ2) is 4.04. The summed E-state index contributed by atoms with van der Waals surface area (Å²) >= 11 is 0. The van der Waals surface area contributed by atoms with Crippen molar-refractivity contribution in [3.05, 3.63) is 28.8 Å². The minimum Gasteiger partial charge on any atom is -0.506 e. The van der Waals surface area contributed by atoms with Crippen LogP contribution in [0.5, 0.6) is 5.75 Å². The fraction of sp³-hybridized carbons (Fsp3) is 0.182. The molecular weight excluding hydrogens is 196 g/mol. The third-order valence-corrected chi connectivity index (χ3v) is 2.05. The lowest BCUT2D eigenvalue weighted by atomic mass is 10.0. The highest BCUT2D eigenvalue weighted by Crippen LogP contribution is 2.24. The topological polar surface area (TPSA) is 71.4 Å². The third-order valence-electron chi connectivity index (χ3n) is 2.05. The Labute approximate surface area is 86.5 Å². The Kier molecular flexibility index (Phi) is 2.99. The number of hydrogen-bond donors (Lipinski definition) is 1. The number of ketones is 2. The van der Waals surface area contributed by atoms with Gasteiger partial charge in [-0.25, -0.2) is 0 Å². The summed E-state index contributed by atoms with van der Waals surface area (Å²) in [5.74, 6) is -1.03. The molecule has 0 aliphatic heterocycles. The lowest BCUT2D eigenvalue weighted by molar-refractivity contribution is 0.101. The van der Waals surface area contributed by atoms with Gasteiger partial charge in [0.25, 0.3) is 0 Å². The van der Waals surface area contributed by atoms with Crippen molar-refractivity contribution >= 4 is 17.9 Å². The molecule has 0 saturated carbocycles. The molecule has 4 nitrogen and oxygen atoms in total. The minimum absolute atomic E-state index is 0.00944. The molecule has 15 heavy (non-hydrogen) atoms. The van der Waals surface area contributed by atoms with Gasteiger partial charge in [0.2, 0.25) is 0 Å². The largest absolute Gasteiger partial charge is 0.506 e. The molecule has 78 valence electrons. The predicted molar refractivity (Wildman–Crippen MR) is 53.5 cm³/mol. The molecule has 1 rings (SSSR count). The first kappa shape index (κ1) is 11.1. The van der Waals surface area contributed by atoms with E-state index >= 15 is 0 Å². The van der Waals surface area contributed by atoms with Gasteiger partial charge in [-0.2, -0.15) is 0 Å². The van der Waals surface area contributed by atoms with Gasteiger partial charge in [0, 0.05) is 5.56 Å². The highest BCUT2D eigenvalue weighted by atomic mass is 16.3. The fourth-order valence-corrected chi connectivity index (χ4v) is 1.22. The summed E-state index contributed by atoms with van der Waals surface area (Å²) in [7, 11) is 0. The number of carbonyl (C=O) groups excluding carboxylic acids is 3. The molecule has 0 aliphatic rings. The van der Waals surface area contributed by atoms with Gasteiger partial charge in [-0.15, -0.1) is 0 Å². The van der Waals surface area contributed by atoms with Crippen LogP contribution in [0.1, 0.15) is 44.9 Å². The van der Waals surface area contributed by atoms with E-state index in [1.807, 2.05) is 0 Å². The first-order chi connectivity index (χ1) is 6.97. The number of phenolic OH excluding ortho intramolecular Hbond substituents is 1. The van der Waals surface area contributed by atoms with Gasteiger partial charge in [0.1, 0.15) is 5.75 Å². The molecule has 1 aromatic rings. The number of Topliss-reactive ketones (excluding diaryl/α,β-unsaturated/α-hetero) is 2. The van der Waals surface area contributed by atoms with Crippen LogP contribution in [0.15, 0.2) is 12.1 Å². The van der Waals surface area contributed by atoms with Crippen LogP contribution < -0.4 is 0 Å². The van der Waals surface area contributed by atoms with E-state index in [1.165, 1.54) is 26.0 Å². The minimum atomic E-state index is -0.390. The molecule has 0 aromatic heterocycles. The van der Waals surface area contributed by atoms with E-state index in [9.17, 15) is 19.5 Å². The maximum Gasteiger partial charge on any atom is 0.163 e. The van der Waals surface area contributed by atoms with Crippen LogP contribution in [0.4, 0.5) is 0 Å². The zero-order valence-corrected chi connectivity index (χ0v) is 8.40. The number of hydrogen-bond acceptors (Lipinski definition) is 4. The number of benzene rings is 1. The van der Waals surface area contributed by atoms with E-state index in [4.69, 9.17) is 0 Å². The van der Waals surface area contributed by atoms with Crippen LogP contribution in [0, 0.1) is 0 Å². The van der Waals surface area contributed by atoms with Crippen molar-refractivity contribution in [1.29, 1.82) is 0 Å². The SMILES string of the molecule is CC(=O)c1cc(C=O)c(O)c(C(C)=O)c1. The summed E-state index contributed by atoms with van der Waals surface area (Å²) in [6, 6.07) is 2.55. The van der Waals surface area contributed by atoms with Crippen molar-refractivity contribution in [2.45, 2.75) is 13.8 Å². The maximum absolute atomic E-state index is 11.1. The van der Waals surface area contributed by atoms with Crippen LogP contribution in [0.3, 0.4) is 0 Å². The Bertz CT molecular complexity index is 446. The molecule has 0 fully saturated rings. The van der Waals surface area contributed by atoms with Crippen molar-refractivity contribution in [3.8, 4) is 5.75 Å². The molecule has 4 heteroatoms. The first-order valence-electron chi connectivity index (χ1n) is 4.31. The molecule has 0 heterocycles.